The van der Waals surface area contributed by atoms with Gasteiger partial charge in [0.05, 0.1) is 12.0 Å². The first-order valence-electron chi connectivity index (χ1n) is 4.34. The minimum Gasteiger partial charge on any atom is -0.481 e. The first-order valence-corrected chi connectivity index (χ1v) is 4.34. The molecule has 70 valence electrons. The molecule has 1 rings (SSSR count). The van der Waals surface area contributed by atoms with Gasteiger partial charge in [0.25, 0.3) is 0 Å². The van der Waals surface area contributed by atoms with Gasteiger partial charge in [0.15, 0.2) is 0 Å². The lowest BCUT2D eigenvalue weighted by molar-refractivity contribution is -0.146. The van der Waals surface area contributed by atoms with E-state index in [1.165, 1.54) is 0 Å². The summed E-state index contributed by atoms with van der Waals surface area (Å²) in [5, 5.41) is 18.3. The normalized spacial score (nSPS) is 34.6. The number of carboxylic acids is 1. The topological polar surface area (TPSA) is 57.5 Å². The predicted molar refractivity (Wildman–Crippen MR) is 44.8 cm³/mol. The zero-order valence-electron chi connectivity index (χ0n) is 7.58. The van der Waals surface area contributed by atoms with Crippen molar-refractivity contribution in [1.29, 1.82) is 0 Å². The highest BCUT2D eigenvalue weighted by Gasteiger charge is 2.38. The Morgan fingerprint density at radius 2 is 2.00 bits per heavy atom. The average Bonchev–Trinajstić information content (AvgIpc) is 1.94. The van der Waals surface area contributed by atoms with Crippen LogP contribution in [0.15, 0.2) is 0 Å². The molecule has 0 amide bonds. The van der Waals surface area contributed by atoms with Crippen LogP contribution in [0.1, 0.15) is 33.1 Å². The molecule has 3 nitrogen and oxygen atoms in total. The van der Waals surface area contributed by atoms with E-state index in [2.05, 4.69) is 0 Å². The van der Waals surface area contributed by atoms with Crippen molar-refractivity contribution in [3.8, 4) is 0 Å². The number of aliphatic hydroxyl groups excluding tert-OH is 1. The van der Waals surface area contributed by atoms with Crippen molar-refractivity contribution in [2.75, 3.05) is 0 Å². The van der Waals surface area contributed by atoms with Gasteiger partial charge in [-0.05, 0) is 24.7 Å². The quantitative estimate of drug-likeness (QED) is 0.626. The van der Waals surface area contributed by atoms with Gasteiger partial charge in [-0.3, -0.25) is 4.79 Å². The van der Waals surface area contributed by atoms with Crippen molar-refractivity contribution >= 4 is 5.97 Å². The number of aliphatic carboxylic acids is 1. The van der Waals surface area contributed by atoms with Crippen molar-refractivity contribution in [3.05, 3.63) is 0 Å². The van der Waals surface area contributed by atoms with Gasteiger partial charge in [-0.1, -0.05) is 13.8 Å². The SMILES string of the molecule is CC1(C)CC(C(=O)O)CCC1O. The molecule has 12 heavy (non-hydrogen) atoms. The van der Waals surface area contributed by atoms with Gasteiger partial charge in [-0.25, -0.2) is 0 Å². The van der Waals surface area contributed by atoms with Gasteiger partial charge >= 0.3 is 5.97 Å². The third-order valence-corrected chi connectivity index (χ3v) is 2.81. The van der Waals surface area contributed by atoms with Gasteiger partial charge in [0.2, 0.25) is 0 Å². The Bertz CT molecular complexity index is 186. The number of carbonyl (C=O) groups is 1. The molecule has 0 aromatic heterocycles. The largest absolute Gasteiger partial charge is 0.481 e. The molecule has 0 bridgehead atoms. The van der Waals surface area contributed by atoms with Crippen LogP contribution in [0.5, 0.6) is 0 Å². The van der Waals surface area contributed by atoms with Crippen LogP contribution in [0.25, 0.3) is 0 Å². The van der Waals surface area contributed by atoms with Crippen LogP contribution in [0.4, 0.5) is 0 Å². The highest BCUT2D eigenvalue weighted by atomic mass is 16.4. The Labute approximate surface area is 72.4 Å². The molecule has 0 saturated heterocycles. The van der Waals surface area contributed by atoms with Crippen LogP contribution < -0.4 is 0 Å². The summed E-state index contributed by atoms with van der Waals surface area (Å²) in [4.78, 5) is 10.7. The maximum Gasteiger partial charge on any atom is 0.306 e. The van der Waals surface area contributed by atoms with Crippen LogP contribution in [0.3, 0.4) is 0 Å². The first kappa shape index (κ1) is 9.52. The van der Waals surface area contributed by atoms with Crippen LogP contribution >= 0.6 is 0 Å². The lowest BCUT2D eigenvalue weighted by atomic mass is 9.70. The van der Waals surface area contributed by atoms with E-state index in [-0.39, 0.29) is 17.4 Å². The maximum atomic E-state index is 10.7. The second-order valence-corrected chi connectivity index (χ2v) is 4.32. The molecule has 0 heterocycles. The van der Waals surface area contributed by atoms with Crippen molar-refractivity contribution in [2.24, 2.45) is 11.3 Å². The monoisotopic (exact) mass is 172 g/mol. The highest BCUT2D eigenvalue weighted by molar-refractivity contribution is 5.70. The van der Waals surface area contributed by atoms with Gasteiger partial charge in [-0.2, -0.15) is 0 Å². The van der Waals surface area contributed by atoms with E-state index in [1.807, 2.05) is 13.8 Å². The molecule has 2 N–H and O–H groups in total. The number of rotatable bonds is 1. The van der Waals surface area contributed by atoms with E-state index in [9.17, 15) is 9.90 Å². The summed E-state index contributed by atoms with van der Waals surface area (Å²) >= 11 is 0. The maximum absolute atomic E-state index is 10.7. The smallest absolute Gasteiger partial charge is 0.306 e. The molecule has 0 spiro atoms. The van der Waals surface area contributed by atoms with Gasteiger partial charge in [-0.15, -0.1) is 0 Å². The number of hydrogen-bond donors (Lipinski definition) is 2. The summed E-state index contributed by atoms with van der Waals surface area (Å²) in [6.45, 7) is 3.85. The summed E-state index contributed by atoms with van der Waals surface area (Å²) in [5.41, 5.74) is -0.235. The van der Waals surface area contributed by atoms with Crippen molar-refractivity contribution in [1.82, 2.24) is 0 Å². The van der Waals surface area contributed by atoms with Crippen LogP contribution in [-0.2, 0) is 4.79 Å². The summed E-state index contributed by atoms with van der Waals surface area (Å²) in [5.74, 6) is -0.988. The third-order valence-electron chi connectivity index (χ3n) is 2.81. The lowest BCUT2D eigenvalue weighted by Crippen LogP contribution is -2.38. The fourth-order valence-electron chi connectivity index (χ4n) is 1.83. The number of hydrogen-bond acceptors (Lipinski definition) is 2. The molecule has 1 saturated carbocycles. The van der Waals surface area contributed by atoms with Crippen LogP contribution in [0, 0.1) is 11.3 Å². The Balaban J connectivity index is 2.63. The molecule has 2 atom stereocenters. The van der Waals surface area contributed by atoms with E-state index < -0.39 is 5.97 Å². The minimum absolute atomic E-state index is 0.235. The lowest BCUT2D eigenvalue weighted by Gasteiger charge is -2.37. The standard InChI is InChI=1S/C9H16O3/c1-9(2)5-6(8(11)12)3-4-7(9)10/h6-7,10H,3-5H2,1-2H3,(H,11,12). The number of aliphatic hydroxyl groups is 1. The predicted octanol–water partition coefficient (Wildman–Crippen LogP) is 1.26. The first-order chi connectivity index (χ1) is 5.43. The fourth-order valence-corrected chi connectivity index (χ4v) is 1.83. The molecule has 1 fully saturated rings. The Morgan fingerprint density at radius 1 is 1.42 bits per heavy atom. The zero-order valence-corrected chi connectivity index (χ0v) is 7.58. The molecule has 3 heteroatoms. The highest BCUT2D eigenvalue weighted by Crippen LogP contribution is 2.38. The van der Waals surface area contributed by atoms with Crippen LogP contribution in [0.2, 0.25) is 0 Å². The Hall–Kier alpha value is -0.570. The molecule has 0 aromatic rings. The molecule has 0 radical (unpaired) electrons. The van der Waals surface area contributed by atoms with Gasteiger partial charge in [0, 0.05) is 0 Å². The molecule has 0 aromatic carbocycles. The van der Waals surface area contributed by atoms with E-state index in [0.29, 0.717) is 19.3 Å². The summed E-state index contributed by atoms with van der Waals surface area (Å²) < 4.78 is 0. The second kappa shape index (κ2) is 3.05. The average molecular weight is 172 g/mol. The van der Waals surface area contributed by atoms with Crippen molar-refractivity contribution < 1.29 is 15.0 Å². The molecule has 2 unspecified atom stereocenters. The van der Waals surface area contributed by atoms with E-state index >= 15 is 0 Å². The second-order valence-electron chi connectivity index (χ2n) is 4.32. The minimum atomic E-state index is -0.727. The molecular formula is C9H16O3. The summed E-state index contributed by atoms with van der Waals surface area (Å²) in [7, 11) is 0. The van der Waals surface area contributed by atoms with Gasteiger partial charge < -0.3 is 10.2 Å². The van der Waals surface area contributed by atoms with E-state index in [4.69, 9.17) is 5.11 Å². The third kappa shape index (κ3) is 1.78. The van der Waals surface area contributed by atoms with E-state index in [0.717, 1.165) is 0 Å². The summed E-state index contributed by atoms with van der Waals surface area (Å²) in [6.07, 6.45) is 1.47. The van der Waals surface area contributed by atoms with Crippen molar-refractivity contribution in [2.45, 2.75) is 39.2 Å². The summed E-state index contributed by atoms with van der Waals surface area (Å²) in [6, 6.07) is 0. The molecule has 1 aliphatic rings. The fraction of sp³-hybridized carbons (Fsp3) is 0.889. The van der Waals surface area contributed by atoms with Gasteiger partial charge in [0.1, 0.15) is 0 Å². The Morgan fingerprint density at radius 3 is 2.42 bits per heavy atom. The molecular weight excluding hydrogens is 156 g/mol. The van der Waals surface area contributed by atoms with Crippen molar-refractivity contribution in [3.63, 3.8) is 0 Å². The molecule has 0 aliphatic heterocycles. The van der Waals surface area contributed by atoms with E-state index in [1.54, 1.807) is 0 Å². The van der Waals surface area contributed by atoms with Crippen LogP contribution in [-0.4, -0.2) is 22.3 Å². The zero-order chi connectivity index (χ0) is 9.35. The number of carboxylic acid groups (broad SMARTS) is 1. The molecule has 1 aliphatic carbocycles. The Kier molecular flexibility index (Phi) is 2.42.